The Morgan fingerprint density at radius 3 is 2.62 bits per heavy atom. The van der Waals surface area contributed by atoms with Crippen LogP contribution in [0.15, 0.2) is 28.9 Å². The van der Waals surface area contributed by atoms with Gasteiger partial charge in [-0.05, 0) is 12.1 Å². The van der Waals surface area contributed by atoms with Gasteiger partial charge in [0, 0.05) is 18.0 Å². The second kappa shape index (κ2) is 3.32. The predicted octanol–water partition coefficient (Wildman–Crippen LogP) is 0.624. The normalized spacial score (nSPS) is 10.2. The fraction of sp³-hybridized carbons (Fsp3) is 0.125. The Labute approximate surface area is 74.1 Å². The van der Waals surface area contributed by atoms with Crippen LogP contribution in [0.2, 0.25) is 0 Å². The van der Waals surface area contributed by atoms with Crippen molar-refractivity contribution < 1.29 is 9.52 Å². The highest BCUT2D eigenvalue weighted by Crippen LogP contribution is 2.15. The quantitative estimate of drug-likeness (QED) is 0.728. The summed E-state index contributed by atoms with van der Waals surface area (Å²) in [5.41, 5.74) is 0.794. The standard InChI is InChI=1S/C8H7N3O2/c12-5-7-10-11-8(13-7)6-1-3-9-4-2-6/h1-4,12H,5H2. The number of aromatic nitrogens is 3. The molecule has 0 aliphatic rings. The van der Waals surface area contributed by atoms with Crippen LogP contribution in [-0.2, 0) is 6.61 Å². The van der Waals surface area contributed by atoms with E-state index < -0.39 is 0 Å². The maximum absolute atomic E-state index is 8.69. The molecule has 0 spiro atoms. The third-order valence-corrected chi connectivity index (χ3v) is 1.53. The first kappa shape index (κ1) is 7.88. The van der Waals surface area contributed by atoms with E-state index in [1.54, 1.807) is 24.5 Å². The van der Waals surface area contributed by atoms with Crippen molar-refractivity contribution in [3.05, 3.63) is 30.4 Å². The van der Waals surface area contributed by atoms with Crippen molar-refractivity contribution in [3.63, 3.8) is 0 Å². The minimum absolute atomic E-state index is 0.215. The van der Waals surface area contributed by atoms with Gasteiger partial charge in [-0.2, -0.15) is 0 Å². The zero-order chi connectivity index (χ0) is 9.10. The lowest BCUT2D eigenvalue weighted by molar-refractivity contribution is 0.241. The Kier molecular flexibility index (Phi) is 2.01. The molecule has 0 saturated carbocycles. The fourth-order valence-corrected chi connectivity index (χ4v) is 0.929. The molecule has 13 heavy (non-hydrogen) atoms. The predicted molar refractivity (Wildman–Crippen MR) is 43.5 cm³/mol. The van der Waals surface area contributed by atoms with Crippen molar-refractivity contribution in [2.75, 3.05) is 0 Å². The Bertz CT molecular complexity index is 385. The molecule has 1 N–H and O–H groups in total. The van der Waals surface area contributed by atoms with E-state index in [-0.39, 0.29) is 12.5 Å². The molecule has 0 radical (unpaired) electrons. The summed E-state index contributed by atoms with van der Waals surface area (Å²) in [7, 11) is 0. The summed E-state index contributed by atoms with van der Waals surface area (Å²) >= 11 is 0. The van der Waals surface area contributed by atoms with Gasteiger partial charge >= 0.3 is 0 Å². The Balaban J connectivity index is 2.36. The van der Waals surface area contributed by atoms with Crippen LogP contribution in [0, 0.1) is 0 Å². The summed E-state index contributed by atoms with van der Waals surface area (Å²) in [6.45, 7) is -0.238. The number of nitrogens with zero attached hydrogens (tertiary/aromatic N) is 3. The summed E-state index contributed by atoms with van der Waals surface area (Å²) in [6.07, 6.45) is 3.27. The van der Waals surface area contributed by atoms with Gasteiger partial charge in [-0.15, -0.1) is 10.2 Å². The molecule has 66 valence electrons. The van der Waals surface area contributed by atoms with Crippen LogP contribution in [0.25, 0.3) is 11.5 Å². The molecule has 2 rings (SSSR count). The molecule has 2 heterocycles. The van der Waals surface area contributed by atoms with Gasteiger partial charge in [0.25, 0.3) is 0 Å². The first-order valence-corrected chi connectivity index (χ1v) is 3.74. The zero-order valence-electron chi connectivity index (χ0n) is 6.71. The number of aliphatic hydroxyl groups is 1. The van der Waals surface area contributed by atoms with Crippen LogP contribution in [0.3, 0.4) is 0 Å². The van der Waals surface area contributed by atoms with Crippen LogP contribution >= 0.6 is 0 Å². The van der Waals surface area contributed by atoms with Crippen LogP contribution in [-0.4, -0.2) is 20.3 Å². The zero-order valence-corrected chi connectivity index (χ0v) is 6.71. The van der Waals surface area contributed by atoms with Crippen molar-refractivity contribution >= 4 is 0 Å². The molecule has 0 fully saturated rings. The average molecular weight is 177 g/mol. The summed E-state index contributed by atoms with van der Waals surface area (Å²) < 4.78 is 5.12. The van der Waals surface area contributed by atoms with Crippen LogP contribution in [0.4, 0.5) is 0 Å². The SMILES string of the molecule is OCc1nnc(-c2ccncc2)o1. The molecule has 0 unspecified atom stereocenters. The van der Waals surface area contributed by atoms with Crippen molar-refractivity contribution in [3.8, 4) is 11.5 Å². The van der Waals surface area contributed by atoms with E-state index in [1.165, 1.54) is 0 Å². The number of hydrogen-bond acceptors (Lipinski definition) is 5. The smallest absolute Gasteiger partial charge is 0.247 e. The third-order valence-electron chi connectivity index (χ3n) is 1.53. The average Bonchev–Trinajstić information content (AvgIpc) is 2.67. The Hall–Kier alpha value is -1.75. The summed E-state index contributed by atoms with van der Waals surface area (Å²) in [4.78, 5) is 3.86. The molecule has 5 heteroatoms. The second-order valence-corrected chi connectivity index (χ2v) is 2.39. The monoisotopic (exact) mass is 177 g/mol. The minimum atomic E-state index is -0.238. The van der Waals surface area contributed by atoms with E-state index in [1.807, 2.05) is 0 Å². The third kappa shape index (κ3) is 1.54. The Morgan fingerprint density at radius 2 is 2.00 bits per heavy atom. The van der Waals surface area contributed by atoms with Crippen molar-refractivity contribution in [1.29, 1.82) is 0 Å². The molecule has 0 aliphatic heterocycles. The number of rotatable bonds is 2. The number of aliphatic hydroxyl groups excluding tert-OH is 1. The summed E-state index contributed by atoms with van der Waals surface area (Å²) in [5.74, 6) is 0.610. The molecule has 0 atom stereocenters. The molecule has 2 aromatic rings. The topological polar surface area (TPSA) is 72.0 Å². The van der Waals surface area contributed by atoms with Crippen LogP contribution in [0.5, 0.6) is 0 Å². The maximum atomic E-state index is 8.69. The molecular formula is C8H7N3O2. The molecule has 2 aromatic heterocycles. The summed E-state index contributed by atoms with van der Waals surface area (Å²) in [6, 6.07) is 3.52. The van der Waals surface area contributed by atoms with E-state index in [9.17, 15) is 0 Å². The lowest BCUT2D eigenvalue weighted by Crippen LogP contribution is -1.79. The van der Waals surface area contributed by atoms with Gasteiger partial charge in [-0.1, -0.05) is 0 Å². The van der Waals surface area contributed by atoms with E-state index in [0.29, 0.717) is 5.89 Å². The van der Waals surface area contributed by atoms with Gasteiger partial charge in [0.15, 0.2) is 0 Å². The first-order chi connectivity index (χ1) is 6.40. The first-order valence-electron chi connectivity index (χ1n) is 3.74. The highest BCUT2D eigenvalue weighted by atomic mass is 16.4. The van der Waals surface area contributed by atoms with Crippen molar-refractivity contribution in [2.45, 2.75) is 6.61 Å². The van der Waals surface area contributed by atoms with Gasteiger partial charge in [0.05, 0.1) is 0 Å². The van der Waals surface area contributed by atoms with E-state index in [2.05, 4.69) is 15.2 Å². The minimum Gasteiger partial charge on any atom is -0.418 e. The van der Waals surface area contributed by atoms with Crippen LogP contribution in [0.1, 0.15) is 5.89 Å². The molecule has 0 bridgehead atoms. The van der Waals surface area contributed by atoms with E-state index in [0.717, 1.165) is 5.56 Å². The number of pyridine rings is 1. The maximum Gasteiger partial charge on any atom is 0.247 e. The molecule has 0 aliphatic carbocycles. The fourth-order valence-electron chi connectivity index (χ4n) is 0.929. The second-order valence-electron chi connectivity index (χ2n) is 2.39. The molecule has 0 amide bonds. The van der Waals surface area contributed by atoms with Gasteiger partial charge in [0.1, 0.15) is 6.61 Å². The lowest BCUT2D eigenvalue weighted by Gasteiger charge is -1.90. The van der Waals surface area contributed by atoms with Crippen molar-refractivity contribution in [2.24, 2.45) is 0 Å². The highest BCUT2D eigenvalue weighted by molar-refractivity contribution is 5.50. The van der Waals surface area contributed by atoms with Crippen LogP contribution < -0.4 is 0 Å². The van der Waals surface area contributed by atoms with E-state index >= 15 is 0 Å². The Morgan fingerprint density at radius 1 is 1.23 bits per heavy atom. The molecule has 0 aromatic carbocycles. The molecular weight excluding hydrogens is 170 g/mol. The summed E-state index contributed by atoms with van der Waals surface area (Å²) in [5, 5.41) is 16.1. The molecule has 5 nitrogen and oxygen atoms in total. The highest BCUT2D eigenvalue weighted by Gasteiger charge is 2.05. The van der Waals surface area contributed by atoms with Gasteiger partial charge in [-0.25, -0.2) is 0 Å². The van der Waals surface area contributed by atoms with E-state index in [4.69, 9.17) is 9.52 Å². The van der Waals surface area contributed by atoms with Gasteiger partial charge in [0.2, 0.25) is 11.8 Å². The lowest BCUT2D eigenvalue weighted by atomic mass is 10.3. The van der Waals surface area contributed by atoms with Crippen molar-refractivity contribution in [1.82, 2.24) is 15.2 Å². The number of hydrogen-bond donors (Lipinski definition) is 1. The van der Waals surface area contributed by atoms with Gasteiger partial charge < -0.3 is 9.52 Å². The largest absolute Gasteiger partial charge is 0.418 e. The van der Waals surface area contributed by atoms with Gasteiger partial charge in [-0.3, -0.25) is 4.98 Å². The molecule has 0 saturated heterocycles.